The summed E-state index contributed by atoms with van der Waals surface area (Å²) in [6.07, 6.45) is 9.26. The van der Waals surface area contributed by atoms with Gasteiger partial charge in [-0.25, -0.2) is 0 Å². The number of hydrogen-bond acceptors (Lipinski definition) is 3. The molecule has 2 saturated carbocycles. The highest BCUT2D eigenvalue weighted by molar-refractivity contribution is 5.92. The molecule has 2 fully saturated rings. The lowest BCUT2D eigenvalue weighted by Gasteiger charge is -2.21. The molecule has 2 aliphatic rings. The molecule has 0 saturated heterocycles. The van der Waals surface area contributed by atoms with Crippen LogP contribution in [0.1, 0.15) is 56.9 Å². The van der Waals surface area contributed by atoms with Gasteiger partial charge in [0.25, 0.3) is 0 Å². The first-order valence-electron chi connectivity index (χ1n) is 11.2. The third-order valence-corrected chi connectivity index (χ3v) is 5.66. The average Bonchev–Trinajstić information content (AvgIpc) is 3.58. The molecule has 0 radical (unpaired) electrons. The fraction of sp³-hybridized carbons (Fsp3) is 0.652. The minimum atomic E-state index is 0.163. The van der Waals surface area contributed by atoms with E-state index in [1.54, 1.807) is 7.05 Å². The van der Waals surface area contributed by atoms with E-state index in [4.69, 9.17) is 4.74 Å². The molecule has 29 heavy (non-hydrogen) atoms. The number of amides is 1. The Morgan fingerprint density at radius 1 is 1.14 bits per heavy atom. The van der Waals surface area contributed by atoms with Crippen molar-refractivity contribution >= 4 is 17.6 Å². The van der Waals surface area contributed by atoms with Crippen molar-refractivity contribution in [2.45, 2.75) is 57.9 Å². The van der Waals surface area contributed by atoms with Gasteiger partial charge in [-0.3, -0.25) is 9.79 Å². The first-order chi connectivity index (χ1) is 14.2. The smallest absolute Gasteiger partial charge is 0.227 e. The number of aliphatic imine (C=N–C) groups is 1. The van der Waals surface area contributed by atoms with Crippen LogP contribution in [-0.2, 0) is 16.1 Å². The summed E-state index contributed by atoms with van der Waals surface area (Å²) in [5, 5.41) is 9.75. The molecule has 0 bridgehead atoms. The van der Waals surface area contributed by atoms with Crippen LogP contribution >= 0.6 is 0 Å². The predicted octanol–water partition coefficient (Wildman–Crippen LogP) is 3.69. The predicted molar refractivity (Wildman–Crippen MR) is 118 cm³/mol. The molecule has 1 amide bonds. The van der Waals surface area contributed by atoms with E-state index in [1.165, 1.54) is 32.1 Å². The van der Waals surface area contributed by atoms with E-state index in [0.29, 0.717) is 6.54 Å². The molecule has 0 aliphatic heterocycles. The van der Waals surface area contributed by atoms with Gasteiger partial charge in [-0.05, 0) is 55.7 Å². The van der Waals surface area contributed by atoms with Gasteiger partial charge < -0.3 is 20.7 Å². The second kappa shape index (κ2) is 11.8. The van der Waals surface area contributed by atoms with E-state index in [2.05, 4.69) is 27.0 Å². The molecule has 0 aromatic heterocycles. The molecule has 0 atom stereocenters. The van der Waals surface area contributed by atoms with Crippen molar-refractivity contribution in [3.05, 3.63) is 29.8 Å². The molecule has 0 spiro atoms. The molecule has 1 aromatic carbocycles. The summed E-state index contributed by atoms with van der Waals surface area (Å²) in [4.78, 5) is 16.7. The summed E-state index contributed by atoms with van der Waals surface area (Å²) >= 11 is 0. The Bertz CT molecular complexity index is 667. The van der Waals surface area contributed by atoms with Crippen LogP contribution in [0, 0.1) is 11.8 Å². The summed E-state index contributed by atoms with van der Waals surface area (Å²) in [5.74, 6) is 1.93. The van der Waals surface area contributed by atoms with E-state index in [-0.39, 0.29) is 11.8 Å². The van der Waals surface area contributed by atoms with Gasteiger partial charge in [-0.2, -0.15) is 0 Å². The first-order valence-corrected chi connectivity index (χ1v) is 11.2. The van der Waals surface area contributed by atoms with E-state index in [0.717, 1.165) is 62.1 Å². The molecule has 0 heterocycles. The highest BCUT2D eigenvalue weighted by Gasteiger charge is 2.21. The van der Waals surface area contributed by atoms with Crippen LogP contribution in [0.5, 0.6) is 0 Å². The molecule has 160 valence electrons. The average molecular weight is 401 g/mol. The van der Waals surface area contributed by atoms with Gasteiger partial charge in [0.1, 0.15) is 0 Å². The number of carbonyl (C=O) groups excluding carboxylic acids is 1. The third kappa shape index (κ3) is 8.05. The van der Waals surface area contributed by atoms with Crippen LogP contribution in [0.3, 0.4) is 0 Å². The summed E-state index contributed by atoms with van der Waals surface area (Å²) < 4.78 is 5.66. The molecular weight excluding hydrogens is 364 g/mol. The maximum atomic E-state index is 12.5. The van der Waals surface area contributed by atoms with Crippen LogP contribution in [0.25, 0.3) is 0 Å². The number of ether oxygens (including phenoxy) is 1. The van der Waals surface area contributed by atoms with E-state index < -0.39 is 0 Å². The van der Waals surface area contributed by atoms with Crippen molar-refractivity contribution in [3.8, 4) is 0 Å². The fourth-order valence-corrected chi connectivity index (χ4v) is 3.69. The molecule has 3 rings (SSSR count). The zero-order valence-electron chi connectivity index (χ0n) is 17.7. The van der Waals surface area contributed by atoms with Crippen molar-refractivity contribution < 1.29 is 9.53 Å². The van der Waals surface area contributed by atoms with E-state index in [9.17, 15) is 4.79 Å². The Morgan fingerprint density at radius 2 is 1.97 bits per heavy atom. The van der Waals surface area contributed by atoms with Crippen molar-refractivity contribution in [2.24, 2.45) is 16.8 Å². The van der Waals surface area contributed by atoms with Gasteiger partial charge in [-0.1, -0.05) is 31.4 Å². The minimum absolute atomic E-state index is 0.163. The first kappa shape index (κ1) is 21.6. The van der Waals surface area contributed by atoms with Gasteiger partial charge in [0.15, 0.2) is 5.96 Å². The SMILES string of the molecule is CN=C(NCCCOCC1CC1)NCc1cccc(NC(=O)C2CCCCC2)c1. The number of nitrogens with zero attached hydrogens (tertiary/aromatic N) is 1. The third-order valence-electron chi connectivity index (χ3n) is 5.66. The van der Waals surface area contributed by atoms with Crippen molar-refractivity contribution in [1.82, 2.24) is 10.6 Å². The normalized spacial score (nSPS) is 17.8. The zero-order valence-corrected chi connectivity index (χ0v) is 17.7. The largest absolute Gasteiger partial charge is 0.381 e. The lowest BCUT2D eigenvalue weighted by Crippen LogP contribution is -2.37. The Labute approximate surface area is 174 Å². The molecular formula is C23H36N4O2. The molecule has 3 N–H and O–H groups in total. The van der Waals surface area contributed by atoms with Gasteiger partial charge in [0.2, 0.25) is 5.91 Å². The van der Waals surface area contributed by atoms with Crippen LogP contribution < -0.4 is 16.0 Å². The molecule has 6 nitrogen and oxygen atoms in total. The van der Waals surface area contributed by atoms with Gasteiger partial charge in [-0.15, -0.1) is 0 Å². The second-order valence-electron chi connectivity index (χ2n) is 8.25. The molecule has 0 unspecified atom stereocenters. The Kier molecular flexibility index (Phi) is 8.81. The van der Waals surface area contributed by atoms with Crippen LogP contribution in [-0.4, -0.2) is 38.7 Å². The van der Waals surface area contributed by atoms with Crippen LogP contribution in [0.15, 0.2) is 29.3 Å². The maximum absolute atomic E-state index is 12.5. The van der Waals surface area contributed by atoms with E-state index >= 15 is 0 Å². The van der Waals surface area contributed by atoms with Crippen molar-refractivity contribution in [1.29, 1.82) is 0 Å². The van der Waals surface area contributed by atoms with Crippen molar-refractivity contribution in [3.63, 3.8) is 0 Å². The van der Waals surface area contributed by atoms with E-state index in [1.807, 2.05) is 18.2 Å². The highest BCUT2D eigenvalue weighted by Crippen LogP contribution is 2.28. The Morgan fingerprint density at radius 3 is 2.72 bits per heavy atom. The highest BCUT2D eigenvalue weighted by atomic mass is 16.5. The summed E-state index contributed by atoms with van der Waals surface area (Å²) in [7, 11) is 1.78. The lowest BCUT2D eigenvalue weighted by molar-refractivity contribution is -0.120. The number of hydrogen-bond donors (Lipinski definition) is 3. The number of anilines is 1. The van der Waals surface area contributed by atoms with Crippen LogP contribution in [0.4, 0.5) is 5.69 Å². The minimum Gasteiger partial charge on any atom is -0.381 e. The molecule has 6 heteroatoms. The standard InChI is InChI=1S/C23H36N4O2/c1-24-23(25-13-6-14-29-17-18-11-12-18)26-16-19-7-5-10-21(15-19)27-22(28)20-8-3-2-4-9-20/h5,7,10,15,18,20H,2-4,6,8-9,11-14,16-17H2,1H3,(H,27,28)(H2,24,25,26). The molecule has 2 aliphatic carbocycles. The van der Waals surface area contributed by atoms with Crippen molar-refractivity contribution in [2.75, 3.05) is 32.1 Å². The van der Waals surface area contributed by atoms with Gasteiger partial charge in [0, 0.05) is 45.0 Å². The molecule has 1 aromatic rings. The maximum Gasteiger partial charge on any atom is 0.227 e. The zero-order chi connectivity index (χ0) is 20.3. The lowest BCUT2D eigenvalue weighted by atomic mass is 9.88. The second-order valence-corrected chi connectivity index (χ2v) is 8.25. The monoisotopic (exact) mass is 400 g/mol. The Balaban J connectivity index is 1.36. The quantitative estimate of drug-likeness (QED) is 0.318. The number of benzene rings is 1. The fourth-order valence-electron chi connectivity index (χ4n) is 3.69. The topological polar surface area (TPSA) is 74.8 Å². The number of guanidine groups is 1. The van der Waals surface area contributed by atoms with Crippen LogP contribution in [0.2, 0.25) is 0 Å². The number of rotatable bonds is 10. The number of carbonyl (C=O) groups is 1. The summed E-state index contributed by atoms with van der Waals surface area (Å²) in [6, 6.07) is 8.04. The Hall–Kier alpha value is -2.08. The summed E-state index contributed by atoms with van der Waals surface area (Å²) in [5.41, 5.74) is 1.98. The number of nitrogens with one attached hydrogen (secondary N) is 3. The van der Waals surface area contributed by atoms with Gasteiger partial charge in [0.05, 0.1) is 0 Å². The van der Waals surface area contributed by atoms with Gasteiger partial charge >= 0.3 is 0 Å². The summed E-state index contributed by atoms with van der Waals surface area (Å²) in [6.45, 7) is 3.21.